The molecule has 1 unspecified atom stereocenters. The van der Waals surface area contributed by atoms with Gasteiger partial charge in [0.2, 0.25) is 0 Å². The van der Waals surface area contributed by atoms with Gasteiger partial charge in [0.05, 0.1) is 0 Å². The highest BCUT2D eigenvalue weighted by molar-refractivity contribution is 7.49. The molecule has 3 rings (SSSR count). The molecule has 21 heavy (non-hydrogen) atoms. The van der Waals surface area contributed by atoms with E-state index < -0.39 is 0 Å². The van der Waals surface area contributed by atoms with Gasteiger partial charge in [0.15, 0.2) is 0 Å². The number of hydrogen-bond acceptors (Lipinski definition) is 0. The zero-order valence-electron chi connectivity index (χ0n) is 13.1. The van der Waals surface area contributed by atoms with Crippen LogP contribution in [-0.2, 0) is 6.16 Å². The maximum absolute atomic E-state index is 2.45. The third-order valence-corrected chi connectivity index (χ3v) is 6.61. The Morgan fingerprint density at radius 1 is 0.952 bits per heavy atom. The normalized spacial score (nSPS) is 15.1. The van der Waals surface area contributed by atoms with Gasteiger partial charge >= 0.3 is 0 Å². The van der Waals surface area contributed by atoms with E-state index in [1.54, 1.807) is 11.2 Å². The van der Waals surface area contributed by atoms with E-state index >= 15 is 0 Å². The van der Waals surface area contributed by atoms with Gasteiger partial charge in [-0.1, -0.05) is 63.1 Å². The second-order valence-electron chi connectivity index (χ2n) is 5.81. The van der Waals surface area contributed by atoms with Crippen LogP contribution in [0, 0.1) is 5.92 Å². The van der Waals surface area contributed by atoms with Crippen LogP contribution >= 0.6 is 7.53 Å². The number of hydrogen-bond donors (Lipinski definition) is 0. The maximum Gasteiger partial charge on any atom is 0.0355 e. The number of allylic oxidation sites excluding steroid dienone is 1. The lowest BCUT2D eigenvalue weighted by atomic mass is 9.91. The molecule has 1 atom stereocenters. The first-order valence-corrected chi connectivity index (χ1v) is 9.77. The Labute approximate surface area is 130 Å². The molecule has 0 saturated heterocycles. The summed E-state index contributed by atoms with van der Waals surface area (Å²) in [4.78, 5) is 0. The van der Waals surface area contributed by atoms with E-state index in [0.717, 1.165) is 0 Å². The molecule has 1 aromatic heterocycles. The van der Waals surface area contributed by atoms with Crippen LogP contribution < -0.4 is 0 Å². The third kappa shape index (κ3) is 2.87. The SMILES string of the molecule is CCCCp1cccc1C1=Cc2ccccc2[C]1CCC. The summed E-state index contributed by atoms with van der Waals surface area (Å²) >= 11 is 0. The number of rotatable bonds is 6. The zero-order valence-corrected chi connectivity index (χ0v) is 14.0. The van der Waals surface area contributed by atoms with E-state index in [4.69, 9.17) is 0 Å². The van der Waals surface area contributed by atoms with Crippen LogP contribution in [0.1, 0.15) is 56.0 Å². The van der Waals surface area contributed by atoms with Gasteiger partial charge < -0.3 is 0 Å². The van der Waals surface area contributed by atoms with Gasteiger partial charge in [0.1, 0.15) is 0 Å². The molecule has 0 bridgehead atoms. The molecule has 1 heterocycles. The number of unbranched alkanes of at least 4 members (excludes halogenated alkanes) is 1. The Bertz CT molecular complexity index is 633. The summed E-state index contributed by atoms with van der Waals surface area (Å²) in [6.45, 7) is 4.57. The first-order valence-electron chi connectivity index (χ1n) is 8.18. The van der Waals surface area contributed by atoms with Gasteiger partial charge in [-0.2, -0.15) is 0 Å². The van der Waals surface area contributed by atoms with Gasteiger partial charge in [-0.3, -0.25) is 0 Å². The summed E-state index contributed by atoms with van der Waals surface area (Å²) in [5, 5.41) is 1.61. The van der Waals surface area contributed by atoms with Gasteiger partial charge in [0.25, 0.3) is 0 Å². The highest BCUT2D eigenvalue weighted by Gasteiger charge is 2.27. The summed E-state index contributed by atoms with van der Waals surface area (Å²) in [5.41, 5.74) is 4.41. The Morgan fingerprint density at radius 2 is 1.81 bits per heavy atom. The van der Waals surface area contributed by atoms with E-state index in [1.165, 1.54) is 48.5 Å². The Kier molecular flexibility index (Phi) is 4.66. The standard InChI is InChI=1S/C20H24P/c1-3-5-13-21-14-8-12-20(21)19-15-16-10-6-7-11-17(16)18(19)9-4-2/h6-8,10-12,14-15H,3-5,9,13H2,1-2H3. The first-order chi connectivity index (χ1) is 10.3. The molecule has 0 N–H and O–H groups in total. The lowest BCUT2D eigenvalue weighted by Gasteiger charge is -2.16. The predicted molar refractivity (Wildman–Crippen MR) is 95.6 cm³/mol. The number of fused-ring (bicyclic) bond motifs is 1. The maximum atomic E-state index is 2.45. The van der Waals surface area contributed by atoms with E-state index in [9.17, 15) is 0 Å². The molecule has 0 saturated carbocycles. The fourth-order valence-corrected chi connectivity index (χ4v) is 5.50. The van der Waals surface area contributed by atoms with Crippen molar-refractivity contribution in [2.24, 2.45) is 0 Å². The Hall–Kier alpha value is -1.26. The minimum atomic E-state index is -0.0739. The van der Waals surface area contributed by atoms with Crippen LogP contribution in [0.15, 0.2) is 42.2 Å². The van der Waals surface area contributed by atoms with E-state index in [0.29, 0.717) is 0 Å². The lowest BCUT2D eigenvalue weighted by molar-refractivity contribution is 0.854. The molecule has 109 valence electrons. The summed E-state index contributed by atoms with van der Waals surface area (Å²) in [6.07, 6.45) is 8.83. The molecule has 1 aromatic carbocycles. The van der Waals surface area contributed by atoms with Crippen molar-refractivity contribution in [3.63, 3.8) is 0 Å². The number of aryl methyl sites for hydroxylation is 1. The molecule has 1 aliphatic rings. The molecule has 1 heteroatoms. The predicted octanol–water partition coefficient (Wildman–Crippen LogP) is 6.75. The Morgan fingerprint density at radius 3 is 2.62 bits per heavy atom. The minimum absolute atomic E-state index is 0.0739. The second-order valence-corrected chi connectivity index (χ2v) is 7.98. The summed E-state index contributed by atoms with van der Waals surface area (Å²) in [7, 11) is -0.0739. The molecule has 0 fully saturated rings. The van der Waals surface area contributed by atoms with Gasteiger partial charge in [-0.05, 0) is 52.9 Å². The molecular weight excluding hydrogens is 271 g/mol. The van der Waals surface area contributed by atoms with Crippen molar-refractivity contribution in [1.29, 1.82) is 0 Å². The first kappa shape index (κ1) is 14.7. The van der Waals surface area contributed by atoms with Crippen LogP contribution in [0.4, 0.5) is 0 Å². The number of benzene rings is 1. The molecule has 0 aliphatic heterocycles. The van der Waals surface area contributed by atoms with Crippen LogP contribution in [-0.4, -0.2) is 0 Å². The van der Waals surface area contributed by atoms with Crippen molar-refractivity contribution in [1.82, 2.24) is 0 Å². The van der Waals surface area contributed by atoms with Crippen LogP contribution in [0.25, 0.3) is 11.6 Å². The average Bonchev–Trinajstić information content (AvgIpc) is 3.10. The van der Waals surface area contributed by atoms with Gasteiger partial charge in [-0.15, -0.1) is 7.53 Å². The van der Waals surface area contributed by atoms with E-state index in [1.807, 2.05) is 0 Å². The molecule has 1 aliphatic carbocycles. The molecule has 2 aromatic rings. The quantitative estimate of drug-likeness (QED) is 0.553. The Balaban J connectivity index is 1.96. The lowest BCUT2D eigenvalue weighted by Crippen LogP contribution is -1.98. The fraction of sp³-hybridized carbons (Fsp3) is 0.350. The van der Waals surface area contributed by atoms with Gasteiger partial charge in [0, 0.05) is 5.92 Å². The molecule has 1 radical (unpaired) electrons. The van der Waals surface area contributed by atoms with Crippen molar-refractivity contribution < 1.29 is 0 Å². The third-order valence-electron chi connectivity index (χ3n) is 4.27. The molecule has 0 nitrogen and oxygen atoms in total. The van der Waals surface area contributed by atoms with E-state index in [2.05, 4.69) is 62.1 Å². The van der Waals surface area contributed by atoms with E-state index in [-0.39, 0.29) is 7.53 Å². The van der Waals surface area contributed by atoms with Crippen molar-refractivity contribution in [2.45, 2.75) is 45.7 Å². The molecule has 0 amide bonds. The highest BCUT2D eigenvalue weighted by Crippen LogP contribution is 2.50. The van der Waals surface area contributed by atoms with Crippen LogP contribution in [0.5, 0.6) is 0 Å². The van der Waals surface area contributed by atoms with Crippen molar-refractivity contribution >= 4 is 19.2 Å². The highest BCUT2D eigenvalue weighted by atomic mass is 31.1. The minimum Gasteiger partial charge on any atom is -0.117 e. The zero-order chi connectivity index (χ0) is 14.7. The van der Waals surface area contributed by atoms with Gasteiger partial charge in [-0.25, -0.2) is 0 Å². The summed E-state index contributed by atoms with van der Waals surface area (Å²) < 4.78 is 0. The van der Waals surface area contributed by atoms with Crippen molar-refractivity contribution in [2.75, 3.05) is 0 Å². The average molecular weight is 295 g/mol. The largest absolute Gasteiger partial charge is 0.117 e. The molecular formula is C20H24P. The van der Waals surface area contributed by atoms with Crippen LogP contribution in [0.3, 0.4) is 0 Å². The second kappa shape index (κ2) is 6.67. The van der Waals surface area contributed by atoms with Crippen molar-refractivity contribution in [3.05, 3.63) is 64.5 Å². The topological polar surface area (TPSA) is 0 Å². The summed E-state index contributed by atoms with van der Waals surface area (Å²) in [6, 6.07) is 13.5. The van der Waals surface area contributed by atoms with Crippen LogP contribution in [0.2, 0.25) is 0 Å². The smallest absolute Gasteiger partial charge is 0.0355 e. The fourth-order valence-electron chi connectivity index (χ4n) is 3.22. The summed E-state index contributed by atoms with van der Waals surface area (Å²) in [5.74, 6) is 4.03. The molecule has 0 spiro atoms. The van der Waals surface area contributed by atoms with Crippen molar-refractivity contribution in [3.8, 4) is 0 Å². The monoisotopic (exact) mass is 295 g/mol.